The zero-order valence-electron chi connectivity index (χ0n) is 8.77. The van der Waals surface area contributed by atoms with Crippen molar-refractivity contribution in [3.8, 4) is 0 Å². The summed E-state index contributed by atoms with van der Waals surface area (Å²) < 4.78 is 10.8. The van der Waals surface area contributed by atoms with E-state index in [0.29, 0.717) is 11.3 Å². The number of cyclic esters (lactones) is 1. The van der Waals surface area contributed by atoms with Crippen LogP contribution in [0.1, 0.15) is 28.6 Å². The highest BCUT2D eigenvalue weighted by Crippen LogP contribution is 2.41. The summed E-state index contributed by atoms with van der Waals surface area (Å²) in [5.74, 6) is 0.348. The number of esters is 1. The van der Waals surface area contributed by atoms with E-state index in [1.165, 1.54) is 0 Å². The van der Waals surface area contributed by atoms with Crippen molar-refractivity contribution in [3.05, 3.63) is 59.5 Å². The van der Waals surface area contributed by atoms with Crippen molar-refractivity contribution in [2.24, 2.45) is 0 Å². The highest BCUT2D eigenvalue weighted by molar-refractivity contribution is 5.95. The van der Waals surface area contributed by atoms with Gasteiger partial charge in [-0.2, -0.15) is 0 Å². The molecule has 1 aliphatic heterocycles. The minimum atomic E-state index is -0.794. The van der Waals surface area contributed by atoms with Crippen LogP contribution in [0.5, 0.6) is 0 Å². The lowest BCUT2D eigenvalue weighted by Crippen LogP contribution is -2.22. The van der Waals surface area contributed by atoms with Crippen LogP contribution in [-0.2, 0) is 10.3 Å². The Morgan fingerprint density at radius 2 is 1.94 bits per heavy atom. The minimum Gasteiger partial charge on any atom is -0.465 e. The van der Waals surface area contributed by atoms with E-state index >= 15 is 0 Å². The number of hydrogen-bond donors (Lipinski definition) is 0. The molecule has 1 aromatic heterocycles. The molecule has 0 N–H and O–H groups in total. The number of carbonyl (C=O) groups excluding carboxylic acids is 1. The van der Waals surface area contributed by atoms with Gasteiger partial charge in [-0.05, 0) is 25.1 Å². The average Bonchev–Trinajstić information content (AvgIpc) is 2.89. The monoisotopic (exact) mass is 214 g/mol. The van der Waals surface area contributed by atoms with Crippen LogP contribution in [-0.4, -0.2) is 5.97 Å². The number of rotatable bonds is 1. The third-order valence-electron chi connectivity index (χ3n) is 2.95. The summed E-state index contributed by atoms with van der Waals surface area (Å²) in [6.45, 7) is 1.84. The molecule has 0 bridgehead atoms. The van der Waals surface area contributed by atoms with Gasteiger partial charge in [-0.25, -0.2) is 4.79 Å². The van der Waals surface area contributed by atoms with E-state index in [2.05, 4.69) is 0 Å². The first-order valence-electron chi connectivity index (χ1n) is 5.08. The number of fused-ring (bicyclic) bond motifs is 1. The Balaban J connectivity index is 2.23. The molecule has 1 aliphatic rings. The van der Waals surface area contributed by atoms with Gasteiger partial charge in [0.15, 0.2) is 11.4 Å². The van der Waals surface area contributed by atoms with Gasteiger partial charge < -0.3 is 9.15 Å². The predicted molar refractivity (Wildman–Crippen MR) is 57.0 cm³/mol. The third-order valence-corrected chi connectivity index (χ3v) is 2.95. The Labute approximate surface area is 92.6 Å². The molecule has 0 radical (unpaired) electrons. The van der Waals surface area contributed by atoms with Gasteiger partial charge in [0, 0.05) is 5.56 Å². The molecule has 1 aromatic carbocycles. The molecule has 3 nitrogen and oxygen atoms in total. The molecule has 1 atom stereocenters. The molecule has 0 saturated carbocycles. The van der Waals surface area contributed by atoms with Crippen LogP contribution in [0, 0.1) is 0 Å². The van der Waals surface area contributed by atoms with Crippen LogP contribution in [0.25, 0.3) is 0 Å². The number of hydrogen-bond acceptors (Lipinski definition) is 3. The Hall–Kier alpha value is -2.03. The van der Waals surface area contributed by atoms with Gasteiger partial charge in [0.25, 0.3) is 0 Å². The van der Waals surface area contributed by atoms with Crippen LogP contribution < -0.4 is 0 Å². The number of furan rings is 1. The lowest BCUT2D eigenvalue weighted by Gasteiger charge is -2.21. The summed E-state index contributed by atoms with van der Waals surface area (Å²) in [6.07, 6.45) is 1.58. The first kappa shape index (κ1) is 9.21. The standard InChI is InChI=1S/C13H10O3/c1-13(11-7-4-8-15-11)10-6-3-2-5-9(10)12(14)16-13/h2-8H,1H3. The summed E-state index contributed by atoms with van der Waals surface area (Å²) >= 11 is 0. The second-order valence-electron chi connectivity index (χ2n) is 3.95. The van der Waals surface area contributed by atoms with Crippen LogP contribution in [0.3, 0.4) is 0 Å². The third kappa shape index (κ3) is 1.05. The molecule has 0 amide bonds. The SMILES string of the molecule is CC1(c2ccco2)OC(=O)c2ccccc21. The van der Waals surface area contributed by atoms with E-state index in [1.54, 1.807) is 18.4 Å². The average molecular weight is 214 g/mol. The van der Waals surface area contributed by atoms with Crippen LogP contribution >= 0.6 is 0 Å². The molecule has 3 heteroatoms. The quantitative estimate of drug-likeness (QED) is 0.685. The summed E-state index contributed by atoms with van der Waals surface area (Å²) in [6, 6.07) is 11.0. The van der Waals surface area contributed by atoms with Crippen molar-refractivity contribution >= 4 is 5.97 Å². The van der Waals surface area contributed by atoms with Crippen molar-refractivity contribution in [2.45, 2.75) is 12.5 Å². The summed E-state index contributed by atoms with van der Waals surface area (Å²) in [7, 11) is 0. The van der Waals surface area contributed by atoms with E-state index in [1.807, 2.05) is 31.2 Å². The number of benzene rings is 1. The van der Waals surface area contributed by atoms with Crippen molar-refractivity contribution in [1.29, 1.82) is 0 Å². The molecule has 1 unspecified atom stereocenters. The van der Waals surface area contributed by atoms with Crippen molar-refractivity contribution in [3.63, 3.8) is 0 Å². The highest BCUT2D eigenvalue weighted by Gasteiger charge is 2.44. The van der Waals surface area contributed by atoms with E-state index < -0.39 is 5.60 Å². The van der Waals surface area contributed by atoms with Crippen LogP contribution in [0.2, 0.25) is 0 Å². The summed E-state index contributed by atoms with van der Waals surface area (Å²) in [5.41, 5.74) is 0.674. The summed E-state index contributed by atoms with van der Waals surface area (Å²) in [4.78, 5) is 11.7. The predicted octanol–water partition coefficient (Wildman–Crippen LogP) is 2.71. The molecule has 0 fully saturated rings. The Bertz CT molecular complexity index is 542. The second kappa shape index (κ2) is 2.98. The fraction of sp³-hybridized carbons (Fsp3) is 0.154. The molecule has 2 heterocycles. The lowest BCUT2D eigenvalue weighted by molar-refractivity contribution is 0.0101. The summed E-state index contributed by atoms with van der Waals surface area (Å²) in [5, 5.41) is 0. The molecule has 2 aromatic rings. The molecule has 0 spiro atoms. The van der Waals surface area contributed by atoms with Crippen LogP contribution in [0.15, 0.2) is 47.1 Å². The lowest BCUT2D eigenvalue weighted by atomic mass is 9.92. The Morgan fingerprint density at radius 1 is 1.12 bits per heavy atom. The normalized spacial score (nSPS) is 22.9. The fourth-order valence-electron chi connectivity index (χ4n) is 2.11. The largest absolute Gasteiger partial charge is 0.465 e. The van der Waals surface area contributed by atoms with E-state index in [-0.39, 0.29) is 5.97 Å². The highest BCUT2D eigenvalue weighted by atomic mass is 16.6. The zero-order chi connectivity index (χ0) is 11.2. The molecule has 80 valence electrons. The Kier molecular flexibility index (Phi) is 1.72. The first-order chi connectivity index (χ1) is 7.72. The van der Waals surface area contributed by atoms with Gasteiger partial charge in [0.05, 0.1) is 11.8 Å². The number of carbonyl (C=O) groups is 1. The first-order valence-corrected chi connectivity index (χ1v) is 5.08. The number of ether oxygens (including phenoxy) is 1. The molecular weight excluding hydrogens is 204 g/mol. The van der Waals surface area contributed by atoms with Gasteiger partial charge in [-0.3, -0.25) is 0 Å². The second-order valence-corrected chi connectivity index (χ2v) is 3.95. The van der Waals surface area contributed by atoms with E-state index in [9.17, 15) is 4.79 Å². The minimum absolute atomic E-state index is 0.297. The fourth-order valence-corrected chi connectivity index (χ4v) is 2.11. The van der Waals surface area contributed by atoms with Crippen LogP contribution in [0.4, 0.5) is 0 Å². The smallest absolute Gasteiger partial charge is 0.339 e. The van der Waals surface area contributed by atoms with Gasteiger partial charge >= 0.3 is 5.97 Å². The molecular formula is C13H10O3. The van der Waals surface area contributed by atoms with Crippen molar-refractivity contribution < 1.29 is 13.9 Å². The van der Waals surface area contributed by atoms with Gasteiger partial charge in [0.1, 0.15) is 0 Å². The molecule has 3 rings (SSSR count). The van der Waals surface area contributed by atoms with Gasteiger partial charge in [-0.15, -0.1) is 0 Å². The maximum atomic E-state index is 11.7. The Morgan fingerprint density at radius 3 is 2.69 bits per heavy atom. The van der Waals surface area contributed by atoms with Gasteiger partial charge in [0.2, 0.25) is 0 Å². The van der Waals surface area contributed by atoms with E-state index in [4.69, 9.17) is 9.15 Å². The van der Waals surface area contributed by atoms with Crippen molar-refractivity contribution in [1.82, 2.24) is 0 Å². The maximum Gasteiger partial charge on any atom is 0.339 e. The van der Waals surface area contributed by atoms with Crippen molar-refractivity contribution in [2.75, 3.05) is 0 Å². The van der Waals surface area contributed by atoms with E-state index in [0.717, 1.165) is 5.56 Å². The maximum absolute atomic E-state index is 11.7. The topological polar surface area (TPSA) is 39.4 Å². The zero-order valence-corrected chi connectivity index (χ0v) is 8.77. The van der Waals surface area contributed by atoms with Gasteiger partial charge in [-0.1, -0.05) is 18.2 Å². The molecule has 0 aliphatic carbocycles. The molecule has 0 saturated heterocycles. The molecule has 16 heavy (non-hydrogen) atoms.